The van der Waals surface area contributed by atoms with E-state index in [9.17, 15) is 0 Å². The van der Waals surface area contributed by atoms with Crippen LogP contribution in [0.5, 0.6) is 5.75 Å². The van der Waals surface area contributed by atoms with Gasteiger partial charge in [-0.05, 0) is 35.2 Å². The zero-order valence-electron chi connectivity index (χ0n) is 10.9. The number of hydrogen-bond donors (Lipinski definition) is 0. The predicted octanol–water partition coefficient (Wildman–Crippen LogP) is 4.43. The van der Waals surface area contributed by atoms with E-state index in [0.29, 0.717) is 0 Å². The third kappa shape index (κ3) is 3.24. The number of methoxy groups -OCH3 is 1. The molecule has 0 aromatic heterocycles. The standard InChI is InChI=1S/C17H18O/c1-3-14-4-6-15(7-5-14)8-9-16-10-12-17(18-2)13-11-16/h4-13H,3H2,1-2H3. The van der Waals surface area contributed by atoms with Gasteiger partial charge in [0.2, 0.25) is 0 Å². The fraction of sp³-hybridized carbons (Fsp3) is 0.176. The molecule has 0 heterocycles. The van der Waals surface area contributed by atoms with Crippen LogP contribution in [0.2, 0.25) is 0 Å². The van der Waals surface area contributed by atoms with Gasteiger partial charge in [0.25, 0.3) is 0 Å². The van der Waals surface area contributed by atoms with E-state index in [1.165, 1.54) is 16.7 Å². The maximum atomic E-state index is 5.13. The third-order valence-electron chi connectivity index (χ3n) is 2.97. The third-order valence-corrected chi connectivity index (χ3v) is 2.97. The summed E-state index contributed by atoms with van der Waals surface area (Å²) in [5.74, 6) is 0.888. The quantitative estimate of drug-likeness (QED) is 0.716. The molecule has 0 aliphatic rings. The summed E-state index contributed by atoms with van der Waals surface area (Å²) >= 11 is 0. The van der Waals surface area contributed by atoms with Crippen molar-refractivity contribution in [2.45, 2.75) is 13.3 Å². The topological polar surface area (TPSA) is 9.23 Å². The van der Waals surface area contributed by atoms with Crippen molar-refractivity contribution in [3.05, 3.63) is 65.2 Å². The van der Waals surface area contributed by atoms with Gasteiger partial charge in [-0.1, -0.05) is 55.5 Å². The van der Waals surface area contributed by atoms with Crippen LogP contribution in [0, 0.1) is 0 Å². The first-order valence-corrected chi connectivity index (χ1v) is 6.23. The average molecular weight is 238 g/mol. The van der Waals surface area contributed by atoms with Crippen LogP contribution in [0.3, 0.4) is 0 Å². The van der Waals surface area contributed by atoms with Crippen LogP contribution in [-0.2, 0) is 6.42 Å². The van der Waals surface area contributed by atoms with Crippen molar-refractivity contribution < 1.29 is 4.74 Å². The number of ether oxygens (including phenoxy) is 1. The van der Waals surface area contributed by atoms with Crippen molar-refractivity contribution in [2.24, 2.45) is 0 Å². The summed E-state index contributed by atoms with van der Waals surface area (Å²) in [5, 5.41) is 0. The summed E-state index contributed by atoms with van der Waals surface area (Å²) in [5.41, 5.74) is 3.77. The smallest absolute Gasteiger partial charge is 0.118 e. The normalized spacial score (nSPS) is 10.8. The molecule has 0 N–H and O–H groups in total. The molecule has 0 atom stereocenters. The molecular weight excluding hydrogens is 220 g/mol. The van der Waals surface area contributed by atoms with Gasteiger partial charge >= 0.3 is 0 Å². The number of hydrogen-bond acceptors (Lipinski definition) is 1. The van der Waals surface area contributed by atoms with E-state index in [4.69, 9.17) is 4.74 Å². The van der Waals surface area contributed by atoms with Gasteiger partial charge in [-0.25, -0.2) is 0 Å². The van der Waals surface area contributed by atoms with Crippen LogP contribution in [0.15, 0.2) is 48.5 Å². The van der Waals surface area contributed by atoms with Crippen molar-refractivity contribution in [1.29, 1.82) is 0 Å². The van der Waals surface area contributed by atoms with Gasteiger partial charge in [0, 0.05) is 0 Å². The van der Waals surface area contributed by atoms with E-state index in [1.807, 2.05) is 12.1 Å². The van der Waals surface area contributed by atoms with Gasteiger partial charge in [-0.3, -0.25) is 0 Å². The van der Waals surface area contributed by atoms with Gasteiger partial charge in [0.15, 0.2) is 0 Å². The molecule has 92 valence electrons. The van der Waals surface area contributed by atoms with E-state index in [1.54, 1.807) is 7.11 Å². The molecule has 18 heavy (non-hydrogen) atoms. The second kappa shape index (κ2) is 6.06. The first kappa shape index (κ1) is 12.4. The molecule has 1 nitrogen and oxygen atoms in total. The Hall–Kier alpha value is -2.02. The lowest BCUT2D eigenvalue weighted by atomic mass is 10.1. The highest BCUT2D eigenvalue weighted by atomic mass is 16.5. The molecule has 0 aliphatic heterocycles. The molecule has 0 bridgehead atoms. The molecule has 2 rings (SSSR count). The monoisotopic (exact) mass is 238 g/mol. The maximum Gasteiger partial charge on any atom is 0.118 e. The molecule has 0 unspecified atom stereocenters. The van der Waals surface area contributed by atoms with Crippen LogP contribution in [-0.4, -0.2) is 7.11 Å². The summed E-state index contributed by atoms with van der Waals surface area (Å²) in [6.45, 7) is 2.17. The lowest BCUT2D eigenvalue weighted by molar-refractivity contribution is 0.415. The summed E-state index contributed by atoms with van der Waals surface area (Å²) in [6, 6.07) is 16.7. The molecule has 0 spiro atoms. The van der Waals surface area contributed by atoms with E-state index in [0.717, 1.165) is 12.2 Å². The van der Waals surface area contributed by atoms with E-state index < -0.39 is 0 Å². The highest BCUT2D eigenvalue weighted by Gasteiger charge is 1.91. The highest BCUT2D eigenvalue weighted by molar-refractivity contribution is 5.69. The Bertz CT molecular complexity index is 457. The molecule has 0 saturated carbocycles. The number of benzene rings is 2. The van der Waals surface area contributed by atoms with E-state index in [-0.39, 0.29) is 0 Å². The van der Waals surface area contributed by atoms with Crippen molar-refractivity contribution in [3.63, 3.8) is 0 Å². The Kier molecular flexibility index (Phi) is 4.19. The van der Waals surface area contributed by atoms with Crippen molar-refractivity contribution in [3.8, 4) is 5.75 Å². The zero-order chi connectivity index (χ0) is 12.8. The minimum absolute atomic E-state index is 0.888. The fourth-order valence-electron chi connectivity index (χ4n) is 1.77. The Morgan fingerprint density at radius 3 is 1.78 bits per heavy atom. The minimum Gasteiger partial charge on any atom is -0.497 e. The summed E-state index contributed by atoms with van der Waals surface area (Å²) in [4.78, 5) is 0. The fourth-order valence-corrected chi connectivity index (χ4v) is 1.77. The molecule has 0 aliphatic carbocycles. The molecular formula is C17H18O. The first-order chi connectivity index (χ1) is 8.81. The highest BCUT2D eigenvalue weighted by Crippen LogP contribution is 2.14. The maximum absolute atomic E-state index is 5.13. The van der Waals surface area contributed by atoms with Gasteiger partial charge < -0.3 is 4.74 Å². The van der Waals surface area contributed by atoms with Crippen LogP contribution in [0.25, 0.3) is 12.2 Å². The summed E-state index contributed by atoms with van der Waals surface area (Å²) < 4.78 is 5.13. The molecule has 0 amide bonds. The molecule has 0 radical (unpaired) electrons. The van der Waals surface area contributed by atoms with Crippen LogP contribution in [0.4, 0.5) is 0 Å². The minimum atomic E-state index is 0.888. The predicted molar refractivity (Wildman–Crippen MR) is 77.7 cm³/mol. The second-order valence-corrected chi connectivity index (χ2v) is 4.20. The summed E-state index contributed by atoms with van der Waals surface area (Å²) in [6.07, 6.45) is 5.32. The Balaban J connectivity index is 2.08. The molecule has 2 aromatic rings. The molecule has 0 saturated heterocycles. The lowest BCUT2D eigenvalue weighted by Gasteiger charge is -2.00. The van der Waals surface area contributed by atoms with Crippen LogP contribution in [0.1, 0.15) is 23.6 Å². The summed E-state index contributed by atoms with van der Waals surface area (Å²) in [7, 11) is 1.68. The van der Waals surface area contributed by atoms with E-state index in [2.05, 4.69) is 55.5 Å². The molecule has 2 aromatic carbocycles. The van der Waals surface area contributed by atoms with E-state index >= 15 is 0 Å². The van der Waals surface area contributed by atoms with Crippen molar-refractivity contribution in [2.75, 3.05) is 7.11 Å². The lowest BCUT2D eigenvalue weighted by Crippen LogP contribution is -1.81. The van der Waals surface area contributed by atoms with Crippen molar-refractivity contribution in [1.82, 2.24) is 0 Å². The Morgan fingerprint density at radius 2 is 1.33 bits per heavy atom. The van der Waals surface area contributed by atoms with Gasteiger partial charge in [0.1, 0.15) is 5.75 Å². The van der Waals surface area contributed by atoms with Gasteiger partial charge in [-0.2, -0.15) is 0 Å². The number of rotatable bonds is 4. The first-order valence-electron chi connectivity index (χ1n) is 6.23. The SMILES string of the molecule is CCc1ccc(C=Cc2ccc(OC)cc2)cc1. The van der Waals surface area contributed by atoms with Crippen molar-refractivity contribution >= 4 is 12.2 Å². The second-order valence-electron chi connectivity index (χ2n) is 4.20. The molecule has 1 heteroatoms. The number of aryl methyl sites for hydroxylation is 1. The Morgan fingerprint density at radius 1 is 0.833 bits per heavy atom. The molecule has 0 fully saturated rings. The van der Waals surface area contributed by atoms with Crippen LogP contribution >= 0.6 is 0 Å². The van der Waals surface area contributed by atoms with Crippen LogP contribution < -0.4 is 4.74 Å². The van der Waals surface area contributed by atoms with Gasteiger partial charge in [0.05, 0.1) is 7.11 Å². The van der Waals surface area contributed by atoms with Gasteiger partial charge in [-0.15, -0.1) is 0 Å². The zero-order valence-corrected chi connectivity index (χ0v) is 10.9. The Labute approximate surface area is 109 Å². The average Bonchev–Trinajstić information content (AvgIpc) is 2.46. The largest absolute Gasteiger partial charge is 0.497 e.